The lowest BCUT2D eigenvalue weighted by molar-refractivity contribution is -0.137. The molecule has 0 atom stereocenters. The number of benzene rings is 1. The number of carbonyl (C=O) groups excluding carboxylic acids is 1. The Morgan fingerprint density at radius 1 is 1.11 bits per heavy atom. The number of thiophene rings is 2. The molecule has 0 spiro atoms. The molecule has 3 heterocycles. The largest absolute Gasteiger partial charge is 0.416 e. The highest BCUT2D eigenvalue weighted by Crippen LogP contribution is 2.36. The predicted octanol–water partition coefficient (Wildman–Crippen LogP) is 6.05. The zero-order chi connectivity index (χ0) is 19.9. The third-order valence-corrected chi connectivity index (χ3v) is 6.29. The Kier molecular flexibility index (Phi) is 4.68. The first-order chi connectivity index (χ1) is 13.3. The summed E-state index contributed by atoms with van der Waals surface area (Å²) in [5, 5.41) is 2.63. The maximum atomic E-state index is 12.9. The number of Topliss-reactive ketones (excluding diaryl/α,β-unsaturated/α-hetero) is 1. The molecule has 4 rings (SSSR count). The van der Waals surface area contributed by atoms with E-state index in [1.165, 1.54) is 23.5 Å². The Bertz CT molecular complexity index is 1160. The topological polar surface area (TPSA) is 56.0 Å². The van der Waals surface area contributed by atoms with Crippen molar-refractivity contribution >= 4 is 44.4 Å². The Morgan fingerprint density at radius 3 is 2.64 bits per heavy atom. The van der Waals surface area contributed by atoms with Gasteiger partial charge in [0.2, 0.25) is 0 Å². The quantitative estimate of drug-likeness (QED) is 0.411. The fourth-order valence-electron chi connectivity index (χ4n) is 2.89. The molecule has 2 N–H and O–H groups in total. The van der Waals surface area contributed by atoms with Crippen LogP contribution in [-0.4, -0.2) is 10.8 Å². The molecule has 4 aromatic rings. The van der Waals surface area contributed by atoms with E-state index in [2.05, 4.69) is 4.98 Å². The molecular weight excluding hydrogens is 405 g/mol. The van der Waals surface area contributed by atoms with Crippen LogP contribution in [0, 0.1) is 0 Å². The first-order valence-corrected chi connectivity index (χ1v) is 9.95. The number of pyridine rings is 1. The van der Waals surface area contributed by atoms with Crippen molar-refractivity contribution in [2.45, 2.75) is 12.6 Å². The summed E-state index contributed by atoms with van der Waals surface area (Å²) in [7, 11) is 0. The van der Waals surface area contributed by atoms with Crippen molar-refractivity contribution in [1.29, 1.82) is 0 Å². The van der Waals surface area contributed by atoms with Crippen molar-refractivity contribution in [3.05, 3.63) is 69.9 Å². The minimum absolute atomic E-state index is 0.154. The molecule has 0 radical (unpaired) electrons. The van der Waals surface area contributed by atoms with Crippen molar-refractivity contribution in [2.24, 2.45) is 0 Å². The van der Waals surface area contributed by atoms with Crippen LogP contribution in [0.3, 0.4) is 0 Å². The number of aromatic nitrogens is 1. The van der Waals surface area contributed by atoms with Crippen LogP contribution < -0.4 is 5.73 Å². The lowest BCUT2D eigenvalue weighted by Crippen LogP contribution is -2.08. The van der Waals surface area contributed by atoms with Crippen LogP contribution in [0.2, 0.25) is 0 Å². The Balaban J connectivity index is 1.65. The third kappa shape index (κ3) is 3.53. The van der Waals surface area contributed by atoms with Gasteiger partial charge < -0.3 is 5.73 Å². The van der Waals surface area contributed by atoms with Gasteiger partial charge >= 0.3 is 6.18 Å². The zero-order valence-corrected chi connectivity index (χ0v) is 15.9. The summed E-state index contributed by atoms with van der Waals surface area (Å²) in [6, 6.07) is 12.3. The average Bonchev–Trinajstić information content (AvgIpc) is 3.29. The van der Waals surface area contributed by atoms with Gasteiger partial charge in [-0.3, -0.25) is 4.79 Å². The number of nitrogens with two attached hydrogens (primary N) is 1. The van der Waals surface area contributed by atoms with E-state index in [4.69, 9.17) is 5.73 Å². The first kappa shape index (κ1) is 18.6. The maximum absolute atomic E-state index is 12.9. The van der Waals surface area contributed by atoms with Crippen LogP contribution >= 0.6 is 22.7 Å². The summed E-state index contributed by atoms with van der Waals surface area (Å²) in [4.78, 5) is 19.2. The van der Waals surface area contributed by atoms with Gasteiger partial charge in [-0.1, -0.05) is 24.3 Å². The van der Waals surface area contributed by atoms with Crippen LogP contribution in [0.15, 0.2) is 53.9 Å². The van der Waals surface area contributed by atoms with E-state index in [1.54, 1.807) is 11.3 Å². The molecule has 0 aliphatic rings. The summed E-state index contributed by atoms with van der Waals surface area (Å²) in [6.07, 6.45) is -4.60. The molecule has 28 heavy (non-hydrogen) atoms. The van der Waals surface area contributed by atoms with Gasteiger partial charge in [-0.2, -0.15) is 13.2 Å². The summed E-state index contributed by atoms with van der Waals surface area (Å²) >= 11 is 2.73. The van der Waals surface area contributed by atoms with E-state index in [0.717, 1.165) is 22.7 Å². The van der Waals surface area contributed by atoms with Gasteiger partial charge in [0, 0.05) is 11.8 Å². The molecule has 0 bridgehead atoms. The minimum atomic E-state index is -4.45. The lowest BCUT2D eigenvalue weighted by Gasteiger charge is -2.08. The molecule has 0 saturated heterocycles. The van der Waals surface area contributed by atoms with E-state index >= 15 is 0 Å². The van der Waals surface area contributed by atoms with Crippen LogP contribution in [0.1, 0.15) is 20.8 Å². The number of alkyl halides is 3. The monoisotopic (exact) mass is 418 g/mol. The summed E-state index contributed by atoms with van der Waals surface area (Å²) in [6.45, 7) is 0. The number of anilines is 1. The second kappa shape index (κ2) is 7.03. The van der Waals surface area contributed by atoms with Crippen molar-refractivity contribution < 1.29 is 18.0 Å². The molecule has 3 nitrogen and oxygen atoms in total. The van der Waals surface area contributed by atoms with Gasteiger partial charge in [-0.15, -0.1) is 22.7 Å². The number of rotatable bonds is 4. The maximum Gasteiger partial charge on any atom is 0.416 e. The average molecular weight is 418 g/mol. The molecule has 142 valence electrons. The highest BCUT2D eigenvalue weighted by molar-refractivity contribution is 7.21. The number of nitrogen functional groups attached to an aromatic ring is 1. The van der Waals surface area contributed by atoms with Crippen molar-refractivity contribution in [2.75, 3.05) is 5.73 Å². The van der Waals surface area contributed by atoms with E-state index in [-0.39, 0.29) is 12.2 Å². The summed E-state index contributed by atoms with van der Waals surface area (Å²) in [5.74, 6) is -0.322. The van der Waals surface area contributed by atoms with Gasteiger partial charge in [0.15, 0.2) is 5.78 Å². The molecule has 0 saturated carbocycles. The molecule has 0 unspecified atom stereocenters. The van der Waals surface area contributed by atoms with E-state index in [9.17, 15) is 18.0 Å². The Hall–Kier alpha value is -2.71. The van der Waals surface area contributed by atoms with Gasteiger partial charge in [0.05, 0.1) is 26.7 Å². The van der Waals surface area contributed by atoms with Crippen LogP contribution in [0.4, 0.5) is 18.9 Å². The van der Waals surface area contributed by atoms with Gasteiger partial charge in [0.1, 0.15) is 4.83 Å². The number of hydrogen-bond acceptors (Lipinski definition) is 5. The van der Waals surface area contributed by atoms with E-state index in [1.807, 2.05) is 29.6 Å². The normalized spacial score (nSPS) is 11.8. The second-order valence-corrected chi connectivity index (χ2v) is 8.12. The molecule has 8 heteroatoms. The minimum Gasteiger partial charge on any atom is -0.397 e. The molecule has 0 aliphatic carbocycles. The third-order valence-electron chi connectivity index (χ3n) is 4.24. The SMILES string of the molecule is Nc1c(C(=O)Cc2cccc(C(F)(F)F)c2)sc2nc(-c3cccs3)ccc12. The van der Waals surface area contributed by atoms with E-state index in [0.29, 0.717) is 26.3 Å². The number of ketones is 1. The molecular formula is C20H13F3N2OS2. The molecule has 0 fully saturated rings. The Labute approximate surface area is 166 Å². The second-order valence-electron chi connectivity index (χ2n) is 6.17. The van der Waals surface area contributed by atoms with Gasteiger partial charge in [0.25, 0.3) is 0 Å². The fraction of sp³-hybridized carbons (Fsp3) is 0.100. The van der Waals surface area contributed by atoms with Crippen molar-refractivity contribution in [3.63, 3.8) is 0 Å². The predicted molar refractivity (Wildman–Crippen MR) is 107 cm³/mol. The van der Waals surface area contributed by atoms with Crippen LogP contribution in [0.5, 0.6) is 0 Å². The highest BCUT2D eigenvalue weighted by Gasteiger charge is 2.30. The summed E-state index contributed by atoms with van der Waals surface area (Å²) in [5.41, 5.74) is 6.77. The Morgan fingerprint density at radius 2 is 1.93 bits per heavy atom. The smallest absolute Gasteiger partial charge is 0.397 e. The summed E-state index contributed by atoms with van der Waals surface area (Å²) < 4.78 is 38.6. The highest BCUT2D eigenvalue weighted by atomic mass is 32.1. The van der Waals surface area contributed by atoms with Crippen molar-refractivity contribution in [3.8, 4) is 10.6 Å². The van der Waals surface area contributed by atoms with Crippen molar-refractivity contribution in [1.82, 2.24) is 4.98 Å². The first-order valence-electron chi connectivity index (χ1n) is 8.25. The number of fused-ring (bicyclic) bond motifs is 1. The number of hydrogen-bond donors (Lipinski definition) is 1. The fourth-order valence-corrected chi connectivity index (χ4v) is 4.62. The van der Waals surface area contributed by atoms with Crippen LogP contribution in [0.25, 0.3) is 20.8 Å². The van der Waals surface area contributed by atoms with E-state index < -0.39 is 11.7 Å². The van der Waals surface area contributed by atoms with Gasteiger partial charge in [-0.05, 0) is 35.2 Å². The van der Waals surface area contributed by atoms with Gasteiger partial charge in [-0.25, -0.2) is 4.98 Å². The molecule has 3 aromatic heterocycles. The lowest BCUT2D eigenvalue weighted by atomic mass is 10.0. The number of carbonyl (C=O) groups is 1. The molecule has 1 aromatic carbocycles. The number of nitrogens with zero attached hydrogens (tertiary/aromatic N) is 1. The molecule has 0 aliphatic heterocycles. The molecule has 0 amide bonds. The standard InChI is InChI=1S/C20H13F3N2OS2/c21-20(22,23)12-4-1-3-11(9-12)10-15(26)18-17(24)13-6-7-14(25-19(13)28-18)16-5-2-8-27-16/h1-9H,10,24H2. The zero-order valence-electron chi connectivity index (χ0n) is 14.3. The number of halogens is 3. The van der Waals surface area contributed by atoms with Crippen LogP contribution in [-0.2, 0) is 12.6 Å².